The monoisotopic (exact) mass is 366 g/mol. The molecule has 1 amide bonds. The van der Waals surface area contributed by atoms with E-state index in [9.17, 15) is 13.2 Å². The van der Waals surface area contributed by atoms with Crippen LogP contribution in [0, 0.1) is 5.92 Å². The van der Waals surface area contributed by atoms with E-state index in [1.165, 1.54) is 4.31 Å². The van der Waals surface area contributed by atoms with Crippen LogP contribution in [0.2, 0.25) is 0 Å². The molecule has 0 saturated carbocycles. The Hall–Kier alpha value is -1.60. The summed E-state index contributed by atoms with van der Waals surface area (Å²) in [6.07, 6.45) is 1.33. The third-order valence-corrected chi connectivity index (χ3v) is 6.71. The minimum Gasteiger partial charge on any atom is -0.444 e. The Balaban J connectivity index is 1.77. The second-order valence-electron chi connectivity index (χ2n) is 7.75. The molecule has 6 nitrogen and oxygen atoms in total. The second-order valence-corrected chi connectivity index (χ2v) is 9.69. The number of carbonyl (C=O) groups is 1. The van der Waals surface area contributed by atoms with E-state index >= 15 is 0 Å². The summed E-state index contributed by atoms with van der Waals surface area (Å²) in [5, 5.41) is 0. The van der Waals surface area contributed by atoms with Crippen LogP contribution in [0.5, 0.6) is 0 Å². The molecule has 2 aliphatic heterocycles. The van der Waals surface area contributed by atoms with Crippen LogP contribution >= 0.6 is 0 Å². The van der Waals surface area contributed by atoms with Gasteiger partial charge in [-0.3, -0.25) is 0 Å². The predicted octanol–water partition coefficient (Wildman–Crippen LogP) is 2.71. The molecule has 2 heterocycles. The molecular formula is C18H26N2O4S. The zero-order valence-electron chi connectivity index (χ0n) is 15.0. The summed E-state index contributed by atoms with van der Waals surface area (Å²) in [7, 11) is -3.53. The predicted molar refractivity (Wildman–Crippen MR) is 94.7 cm³/mol. The first-order valence-corrected chi connectivity index (χ1v) is 10.2. The van der Waals surface area contributed by atoms with Crippen molar-refractivity contribution in [1.29, 1.82) is 0 Å². The van der Waals surface area contributed by atoms with Crippen molar-refractivity contribution in [3.63, 3.8) is 0 Å². The Kier molecular flexibility index (Phi) is 4.81. The summed E-state index contributed by atoms with van der Waals surface area (Å²) < 4.78 is 32.7. The first kappa shape index (κ1) is 18.2. The van der Waals surface area contributed by atoms with Crippen LogP contribution < -0.4 is 0 Å². The van der Waals surface area contributed by atoms with Gasteiger partial charge in [0.1, 0.15) is 5.60 Å². The molecule has 0 bridgehead atoms. The number of likely N-dealkylation sites (tertiary alicyclic amines) is 1. The van der Waals surface area contributed by atoms with Crippen molar-refractivity contribution in [2.75, 3.05) is 19.6 Å². The van der Waals surface area contributed by atoms with Crippen molar-refractivity contribution in [3.05, 3.63) is 30.3 Å². The van der Waals surface area contributed by atoms with Crippen LogP contribution in [0.4, 0.5) is 4.79 Å². The molecule has 2 atom stereocenters. The lowest BCUT2D eigenvalue weighted by Crippen LogP contribution is -2.52. The number of amides is 1. The molecule has 0 aliphatic carbocycles. The van der Waals surface area contributed by atoms with Crippen LogP contribution in [0.1, 0.15) is 33.6 Å². The number of carbonyl (C=O) groups excluding carboxylic acids is 1. The molecule has 2 unspecified atom stereocenters. The van der Waals surface area contributed by atoms with Crippen LogP contribution in [0.3, 0.4) is 0 Å². The van der Waals surface area contributed by atoms with Gasteiger partial charge < -0.3 is 9.64 Å². The third kappa shape index (κ3) is 3.82. The van der Waals surface area contributed by atoms with Gasteiger partial charge in [0.05, 0.1) is 10.9 Å². The van der Waals surface area contributed by atoms with Gasteiger partial charge in [-0.1, -0.05) is 18.2 Å². The van der Waals surface area contributed by atoms with Crippen LogP contribution in [0.15, 0.2) is 35.2 Å². The quantitative estimate of drug-likeness (QED) is 0.807. The zero-order valence-corrected chi connectivity index (χ0v) is 15.8. The lowest BCUT2D eigenvalue weighted by molar-refractivity contribution is 0.0166. The number of sulfonamides is 1. The Morgan fingerprint density at radius 2 is 1.76 bits per heavy atom. The number of benzene rings is 1. The largest absolute Gasteiger partial charge is 0.444 e. The summed E-state index contributed by atoms with van der Waals surface area (Å²) in [6.45, 7) is 6.98. The van der Waals surface area contributed by atoms with E-state index in [4.69, 9.17) is 4.74 Å². The average molecular weight is 366 g/mol. The van der Waals surface area contributed by atoms with E-state index in [2.05, 4.69) is 0 Å². The van der Waals surface area contributed by atoms with Gasteiger partial charge in [-0.2, -0.15) is 4.31 Å². The lowest BCUT2D eigenvalue weighted by Gasteiger charge is -2.38. The van der Waals surface area contributed by atoms with E-state index < -0.39 is 15.6 Å². The molecule has 0 N–H and O–H groups in total. The summed E-state index contributed by atoms with van der Waals surface area (Å²) in [6, 6.07) is 8.36. The van der Waals surface area contributed by atoms with Gasteiger partial charge in [-0.05, 0) is 51.7 Å². The van der Waals surface area contributed by atoms with Crippen molar-refractivity contribution in [3.8, 4) is 0 Å². The Bertz CT molecular complexity index is 727. The van der Waals surface area contributed by atoms with E-state index in [0.717, 1.165) is 12.8 Å². The smallest absolute Gasteiger partial charge is 0.410 e. The fourth-order valence-electron chi connectivity index (χ4n) is 3.62. The van der Waals surface area contributed by atoms with Crippen LogP contribution in [-0.2, 0) is 14.8 Å². The molecule has 0 radical (unpaired) electrons. The van der Waals surface area contributed by atoms with Gasteiger partial charge in [0.2, 0.25) is 10.0 Å². The van der Waals surface area contributed by atoms with Gasteiger partial charge in [0.25, 0.3) is 0 Å². The van der Waals surface area contributed by atoms with Gasteiger partial charge >= 0.3 is 6.09 Å². The van der Waals surface area contributed by atoms with Gasteiger partial charge in [0, 0.05) is 19.6 Å². The number of piperidine rings is 1. The summed E-state index contributed by atoms with van der Waals surface area (Å²) in [4.78, 5) is 14.5. The first-order valence-electron chi connectivity index (χ1n) is 8.73. The fourth-order valence-corrected chi connectivity index (χ4v) is 5.11. The summed E-state index contributed by atoms with van der Waals surface area (Å²) >= 11 is 0. The molecule has 2 aliphatic rings. The highest BCUT2D eigenvalue weighted by molar-refractivity contribution is 7.89. The Labute approximate surface area is 149 Å². The summed E-state index contributed by atoms with van der Waals surface area (Å²) in [5.74, 6) is 0.342. The standard InChI is InChI=1S/C18H26N2O4S/c1-18(2,3)24-17(21)20-12-10-14-9-11-19(13-16(14)20)25(22,23)15-7-5-4-6-8-15/h4-8,14,16H,9-13H2,1-3H3. The second kappa shape index (κ2) is 6.61. The molecule has 25 heavy (non-hydrogen) atoms. The Morgan fingerprint density at radius 1 is 1.12 bits per heavy atom. The van der Waals surface area contributed by atoms with Crippen LogP contribution in [0.25, 0.3) is 0 Å². The number of hydrogen-bond acceptors (Lipinski definition) is 4. The maximum Gasteiger partial charge on any atom is 0.410 e. The van der Waals surface area contributed by atoms with E-state index in [-0.39, 0.29) is 12.1 Å². The minimum absolute atomic E-state index is 0.109. The van der Waals surface area contributed by atoms with Crippen molar-refractivity contribution in [2.45, 2.75) is 50.2 Å². The highest BCUT2D eigenvalue weighted by Crippen LogP contribution is 2.34. The van der Waals surface area contributed by atoms with E-state index in [1.54, 1.807) is 35.2 Å². The molecular weight excluding hydrogens is 340 g/mol. The fraction of sp³-hybridized carbons (Fsp3) is 0.611. The molecule has 7 heteroatoms. The number of nitrogens with zero attached hydrogens (tertiary/aromatic N) is 2. The summed E-state index contributed by atoms with van der Waals surface area (Å²) in [5.41, 5.74) is -0.556. The van der Waals surface area contributed by atoms with Crippen molar-refractivity contribution < 1.29 is 17.9 Å². The maximum absolute atomic E-state index is 12.9. The molecule has 0 aromatic heterocycles. The average Bonchev–Trinajstić information content (AvgIpc) is 2.97. The SMILES string of the molecule is CC(C)(C)OC(=O)N1CCC2CCN(S(=O)(=O)c3ccccc3)CC21. The van der Waals surface area contributed by atoms with Gasteiger partial charge in [0.15, 0.2) is 0 Å². The number of hydrogen-bond donors (Lipinski definition) is 0. The maximum atomic E-state index is 12.9. The van der Waals surface area contributed by atoms with E-state index in [0.29, 0.717) is 30.4 Å². The number of rotatable bonds is 2. The van der Waals surface area contributed by atoms with Crippen LogP contribution in [-0.4, -0.2) is 55.0 Å². The van der Waals surface area contributed by atoms with E-state index in [1.807, 2.05) is 20.8 Å². The number of ether oxygens (including phenoxy) is 1. The first-order chi connectivity index (χ1) is 11.7. The van der Waals surface area contributed by atoms with Gasteiger partial charge in [-0.15, -0.1) is 0 Å². The lowest BCUT2D eigenvalue weighted by atomic mass is 9.93. The highest BCUT2D eigenvalue weighted by Gasteiger charge is 2.44. The third-order valence-electron chi connectivity index (χ3n) is 4.83. The minimum atomic E-state index is -3.53. The molecule has 2 fully saturated rings. The Morgan fingerprint density at radius 3 is 2.40 bits per heavy atom. The highest BCUT2D eigenvalue weighted by atomic mass is 32.2. The topological polar surface area (TPSA) is 66.9 Å². The molecule has 1 aromatic rings. The van der Waals surface area contributed by atoms with Crippen molar-refractivity contribution in [2.24, 2.45) is 5.92 Å². The van der Waals surface area contributed by atoms with Crippen molar-refractivity contribution >= 4 is 16.1 Å². The molecule has 138 valence electrons. The van der Waals surface area contributed by atoms with Gasteiger partial charge in [-0.25, -0.2) is 13.2 Å². The molecule has 1 aromatic carbocycles. The molecule has 0 spiro atoms. The molecule has 3 rings (SSSR count). The van der Waals surface area contributed by atoms with Crippen molar-refractivity contribution in [1.82, 2.24) is 9.21 Å². The zero-order chi connectivity index (χ0) is 18.2. The number of fused-ring (bicyclic) bond motifs is 1. The normalized spacial score (nSPS) is 24.8. The molecule has 2 saturated heterocycles.